The van der Waals surface area contributed by atoms with Crippen molar-refractivity contribution in [3.63, 3.8) is 0 Å². The van der Waals surface area contributed by atoms with Gasteiger partial charge >= 0.3 is 0 Å². The maximum atomic E-state index is 12.7. The molecule has 2 fully saturated rings. The Kier molecular flexibility index (Phi) is 9.54. The van der Waals surface area contributed by atoms with Crippen molar-refractivity contribution in [1.82, 2.24) is 20.9 Å². The number of benzene rings is 2. The third kappa shape index (κ3) is 7.62. The van der Waals surface area contributed by atoms with Gasteiger partial charge in [-0.3, -0.25) is 4.79 Å². The van der Waals surface area contributed by atoms with Crippen LogP contribution in [0.15, 0.2) is 54.4 Å². The number of hydrogen-bond donors (Lipinski definition) is 4. The summed E-state index contributed by atoms with van der Waals surface area (Å²) in [5.41, 5.74) is 2.57. The predicted molar refractivity (Wildman–Crippen MR) is 150 cm³/mol. The lowest BCUT2D eigenvalue weighted by molar-refractivity contribution is 0.0954. The maximum absolute atomic E-state index is 12.7. The first-order valence-electron chi connectivity index (χ1n) is 12.9. The van der Waals surface area contributed by atoms with E-state index >= 15 is 0 Å². The van der Waals surface area contributed by atoms with Gasteiger partial charge < -0.3 is 26.2 Å². The molecule has 4 N–H and O–H groups in total. The lowest BCUT2D eigenvalue weighted by Gasteiger charge is -2.39. The number of carbonyl (C=O) groups is 1. The van der Waals surface area contributed by atoms with Gasteiger partial charge in [-0.1, -0.05) is 35.7 Å². The molecule has 0 saturated carbocycles. The van der Waals surface area contributed by atoms with Crippen molar-refractivity contribution >= 4 is 34.8 Å². The van der Waals surface area contributed by atoms with E-state index in [4.69, 9.17) is 23.2 Å². The molecule has 2 saturated heterocycles. The van der Waals surface area contributed by atoms with E-state index in [9.17, 15) is 4.79 Å². The highest BCUT2D eigenvalue weighted by molar-refractivity contribution is 6.35. The van der Waals surface area contributed by atoms with Gasteiger partial charge in [0.15, 0.2) is 0 Å². The Morgan fingerprint density at radius 2 is 1.83 bits per heavy atom. The van der Waals surface area contributed by atoms with Gasteiger partial charge in [0.2, 0.25) is 0 Å². The van der Waals surface area contributed by atoms with Crippen LogP contribution in [0.1, 0.15) is 49.0 Å². The summed E-state index contributed by atoms with van der Waals surface area (Å²) in [5.74, 6) is 1.03. The summed E-state index contributed by atoms with van der Waals surface area (Å²) >= 11 is 12.2. The Morgan fingerprint density at radius 3 is 2.50 bits per heavy atom. The number of rotatable bonds is 8. The van der Waals surface area contributed by atoms with Crippen LogP contribution >= 0.6 is 23.2 Å². The van der Waals surface area contributed by atoms with E-state index in [0.29, 0.717) is 46.7 Å². The lowest BCUT2D eigenvalue weighted by Crippen LogP contribution is -2.54. The van der Waals surface area contributed by atoms with Gasteiger partial charge in [-0.15, -0.1) is 0 Å². The molecule has 2 aliphatic rings. The molecule has 0 aliphatic carbocycles. The molecule has 36 heavy (non-hydrogen) atoms. The molecule has 0 spiro atoms. The average Bonchev–Trinajstić information content (AvgIpc) is 2.85. The Hall–Kier alpha value is -2.25. The zero-order valence-corrected chi connectivity index (χ0v) is 22.6. The molecule has 8 heteroatoms. The number of nitrogens with one attached hydrogen (secondary N) is 4. The molecular formula is C28H37Cl2N5O. The largest absolute Gasteiger partial charge is 0.355 e. The number of anilines is 1. The highest BCUT2D eigenvalue weighted by Crippen LogP contribution is 2.22. The Labute approximate surface area is 224 Å². The predicted octanol–water partition coefficient (Wildman–Crippen LogP) is 5.04. The standard InChI is InChI=1S/C28H37Cl2N5O/c1-19-17-35(18-20(2)33-19)27(16-25-5-3-4-13-31-25)34-24-10-7-22(8-11-24)28(36)32-14-12-21-6-9-23(29)15-26(21)30/h6-11,15-16,19-20,25,31,33-34H,3-5,12-14,17-18H2,1-2H3,(H,32,36)/t19-,20-,25?/m0/s1. The average molecular weight is 531 g/mol. The topological polar surface area (TPSA) is 68.4 Å². The summed E-state index contributed by atoms with van der Waals surface area (Å²) < 4.78 is 0. The minimum Gasteiger partial charge on any atom is -0.355 e. The number of halogens is 2. The number of amides is 1. The second kappa shape index (κ2) is 12.8. The third-order valence-corrected chi connectivity index (χ3v) is 7.31. The van der Waals surface area contributed by atoms with E-state index in [1.165, 1.54) is 12.8 Å². The SMILES string of the molecule is C[C@H]1CN(C(=CC2CCCCN2)Nc2ccc(C(=O)NCCc3ccc(Cl)cc3Cl)cc2)C[C@H](C)N1. The molecule has 3 atom stereocenters. The van der Waals surface area contributed by atoms with Crippen LogP contribution in [0.3, 0.4) is 0 Å². The molecule has 0 radical (unpaired) electrons. The lowest BCUT2D eigenvalue weighted by atomic mass is 10.0. The number of nitrogens with zero attached hydrogens (tertiary/aromatic N) is 1. The summed E-state index contributed by atoms with van der Waals surface area (Å²) in [6.45, 7) is 7.93. The van der Waals surface area contributed by atoms with Crippen LogP contribution in [0.25, 0.3) is 0 Å². The highest BCUT2D eigenvalue weighted by Gasteiger charge is 2.24. The van der Waals surface area contributed by atoms with E-state index < -0.39 is 0 Å². The van der Waals surface area contributed by atoms with Crippen molar-refractivity contribution in [2.24, 2.45) is 0 Å². The Balaban J connectivity index is 1.38. The van der Waals surface area contributed by atoms with Gasteiger partial charge in [0, 0.05) is 59.1 Å². The molecule has 194 valence electrons. The second-order valence-electron chi connectivity index (χ2n) is 9.93. The second-order valence-corrected chi connectivity index (χ2v) is 10.8. The summed E-state index contributed by atoms with van der Waals surface area (Å²) in [5, 5.41) is 15.1. The summed E-state index contributed by atoms with van der Waals surface area (Å²) in [6, 6.07) is 14.3. The van der Waals surface area contributed by atoms with E-state index in [2.05, 4.69) is 46.1 Å². The van der Waals surface area contributed by atoms with Crippen LogP contribution in [-0.2, 0) is 6.42 Å². The van der Waals surface area contributed by atoms with Gasteiger partial charge in [0.25, 0.3) is 5.91 Å². The molecule has 1 unspecified atom stereocenters. The Bertz CT molecular complexity index is 1040. The monoisotopic (exact) mass is 529 g/mol. The fourth-order valence-corrected chi connectivity index (χ4v) is 5.45. The van der Waals surface area contributed by atoms with Gasteiger partial charge in [0.05, 0.1) is 0 Å². The highest BCUT2D eigenvalue weighted by atomic mass is 35.5. The normalized spacial score (nSPS) is 22.8. The number of piperazine rings is 1. The van der Waals surface area contributed by atoms with Gasteiger partial charge in [-0.2, -0.15) is 0 Å². The van der Waals surface area contributed by atoms with Crippen molar-refractivity contribution in [3.8, 4) is 0 Å². The molecule has 6 nitrogen and oxygen atoms in total. The van der Waals surface area contributed by atoms with Crippen LogP contribution < -0.4 is 21.3 Å². The zero-order valence-electron chi connectivity index (χ0n) is 21.1. The van der Waals surface area contributed by atoms with Crippen LogP contribution in [-0.4, -0.2) is 55.1 Å². The van der Waals surface area contributed by atoms with Gasteiger partial charge in [0.1, 0.15) is 5.82 Å². The van der Waals surface area contributed by atoms with Crippen LogP contribution in [0.4, 0.5) is 5.69 Å². The molecule has 0 bridgehead atoms. The van der Waals surface area contributed by atoms with Crippen molar-refractivity contribution in [3.05, 3.63) is 75.5 Å². The van der Waals surface area contributed by atoms with Gasteiger partial charge in [-0.05, 0) is 87.7 Å². The van der Waals surface area contributed by atoms with Crippen molar-refractivity contribution in [2.75, 3.05) is 31.5 Å². The molecular weight excluding hydrogens is 493 g/mol. The van der Waals surface area contributed by atoms with Gasteiger partial charge in [-0.25, -0.2) is 0 Å². The molecule has 1 amide bonds. The fraction of sp³-hybridized carbons (Fsp3) is 0.464. The molecule has 0 aromatic heterocycles. The first kappa shape index (κ1) is 26.8. The Morgan fingerprint density at radius 1 is 1.08 bits per heavy atom. The van der Waals surface area contributed by atoms with E-state index in [1.807, 2.05) is 36.4 Å². The number of hydrogen-bond acceptors (Lipinski definition) is 5. The fourth-order valence-electron chi connectivity index (χ4n) is 4.95. The number of piperidine rings is 1. The van der Waals surface area contributed by atoms with Crippen LogP contribution in [0.5, 0.6) is 0 Å². The number of carbonyl (C=O) groups excluding carboxylic acids is 1. The van der Waals surface area contributed by atoms with Crippen LogP contribution in [0, 0.1) is 0 Å². The smallest absolute Gasteiger partial charge is 0.251 e. The van der Waals surface area contributed by atoms with E-state index in [0.717, 1.165) is 43.1 Å². The van der Waals surface area contributed by atoms with Crippen LogP contribution in [0.2, 0.25) is 10.0 Å². The van der Waals surface area contributed by atoms with E-state index in [-0.39, 0.29) is 5.91 Å². The molecule has 2 aromatic rings. The molecule has 2 heterocycles. The van der Waals surface area contributed by atoms with E-state index in [1.54, 1.807) is 6.07 Å². The molecule has 4 rings (SSSR count). The quantitative estimate of drug-likeness (QED) is 0.385. The van der Waals surface area contributed by atoms with Crippen molar-refractivity contribution in [1.29, 1.82) is 0 Å². The summed E-state index contributed by atoms with van der Waals surface area (Å²) in [6.07, 6.45) is 6.64. The first-order valence-corrected chi connectivity index (χ1v) is 13.7. The zero-order chi connectivity index (χ0) is 25.5. The minimum atomic E-state index is -0.0986. The van der Waals surface area contributed by atoms with Crippen molar-refractivity contribution < 1.29 is 4.79 Å². The first-order chi connectivity index (χ1) is 17.4. The summed E-state index contributed by atoms with van der Waals surface area (Å²) in [7, 11) is 0. The summed E-state index contributed by atoms with van der Waals surface area (Å²) in [4.78, 5) is 15.1. The maximum Gasteiger partial charge on any atom is 0.251 e. The molecule has 2 aliphatic heterocycles. The third-order valence-electron chi connectivity index (χ3n) is 6.72. The minimum absolute atomic E-state index is 0.0986. The molecule has 2 aromatic carbocycles. The van der Waals surface area contributed by atoms with Crippen molar-refractivity contribution in [2.45, 2.75) is 57.7 Å².